The Balaban J connectivity index is 2.31. The summed E-state index contributed by atoms with van der Waals surface area (Å²) >= 11 is 5.99. The number of H-pyrrole nitrogens is 1. The van der Waals surface area contributed by atoms with Crippen molar-refractivity contribution in [2.75, 3.05) is 12.4 Å². The van der Waals surface area contributed by atoms with Crippen molar-refractivity contribution in [3.8, 4) is 5.75 Å². The van der Waals surface area contributed by atoms with Gasteiger partial charge in [-0.3, -0.25) is 4.79 Å². The molecule has 0 saturated heterocycles. The first-order valence-electron chi connectivity index (χ1n) is 9.22. The third-order valence-electron chi connectivity index (χ3n) is 5.11. The molecule has 2 atom stereocenters. The standard InChI is InChI=1S/C20H18ClF5N4O3/c1-33-13-4-2-10(15(21)16(13)23)17(19(32,18(27)28)20(24,25)26)30-12-7-8(22)6-11-9(12)3-5-14(31)29-11/h2-7,17-18,30,32H,27-28H2,1H3,(H,29,31). The van der Waals surface area contributed by atoms with Crippen LogP contribution in [0.15, 0.2) is 41.2 Å². The van der Waals surface area contributed by atoms with Crippen molar-refractivity contribution < 1.29 is 31.8 Å². The largest absolute Gasteiger partial charge is 0.494 e. The average molecular weight is 493 g/mol. The zero-order valence-electron chi connectivity index (χ0n) is 16.8. The molecule has 13 heteroatoms. The van der Waals surface area contributed by atoms with Gasteiger partial charge in [0.1, 0.15) is 5.82 Å². The lowest BCUT2D eigenvalue weighted by molar-refractivity contribution is -0.273. The van der Waals surface area contributed by atoms with Gasteiger partial charge in [-0.25, -0.2) is 8.78 Å². The number of hydrogen-bond acceptors (Lipinski definition) is 6. The number of nitrogens with two attached hydrogens (primary N) is 2. The van der Waals surface area contributed by atoms with Crippen LogP contribution < -0.4 is 27.1 Å². The van der Waals surface area contributed by atoms with E-state index >= 15 is 0 Å². The van der Waals surface area contributed by atoms with Gasteiger partial charge in [0.25, 0.3) is 0 Å². The van der Waals surface area contributed by atoms with E-state index in [9.17, 15) is 31.9 Å². The molecule has 33 heavy (non-hydrogen) atoms. The normalized spacial score (nSPS) is 14.9. The van der Waals surface area contributed by atoms with Crippen LogP contribution in [0.2, 0.25) is 5.02 Å². The van der Waals surface area contributed by atoms with Crippen molar-refractivity contribution in [1.29, 1.82) is 0 Å². The summed E-state index contributed by atoms with van der Waals surface area (Å²) in [5.74, 6) is -2.50. The van der Waals surface area contributed by atoms with Crippen molar-refractivity contribution in [2.24, 2.45) is 11.5 Å². The minimum Gasteiger partial charge on any atom is -0.494 e. The molecule has 0 aliphatic rings. The van der Waals surface area contributed by atoms with Crippen LogP contribution in [0.1, 0.15) is 11.6 Å². The molecule has 0 amide bonds. The first-order chi connectivity index (χ1) is 15.3. The summed E-state index contributed by atoms with van der Waals surface area (Å²) in [4.78, 5) is 13.9. The number of fused-ring (bicyclic) bond motifs is 1. The summed E-state index contributed by atoms with van der Waals surface area (Å²) in [7, 11) is 1.12. The lowest BCUT2D eigenvalue weighted by Gasteiger charge is -2.41. The van der Waals surface area contributed by atoms with Crippen LogP contribution in [-0.4, -0.2) is 35.1 Å². The number of ether oxygens (including phenoxy) is 1. The molecule has 178 valence electrons. The number of aromatic amines is 1. The molecule has 2 unspecified atom stereocenters. The Morgan fingerprint density at radius 3 is 2.39 bits per heavy atom. The maximum atomic E-state index is 14.6. The molecule has 0 bridgehead atoms. The molecule has 0 aliphatic heterocycles. The van der Waals surface area contributed by atoms with Crippen LogP contribution in [0.25, 0.3) is 10.9 Å². The topological polar surface area (TPSA) is 126 Å². The molecule has 3 rings (SSSR count). The Morgan fingerprint density at radius 2 is 1.82 bits per heavy atom. The Labute approximate surface area is 188 Å². The number of benzene rings is 2. The van der Waals surface area contributed by atoms with Crippen LogP contribution >= 0.6 is 11.6 Å². The van der Waals surface area contributed by atoms with Crippen molar-refractivity contribution in [3.63, 3.8) is 0 Å². The van der Waals surface area contributed by atoms with Gasteiger partial charge in [0.05, 0.1) is 29.9 Å². The predicted molar refractivity (Wildman–Crippen MR) is 112 cm³/mol. The third-order valence-corrected chi connectivity index (χ3v) is 5.50. The molecule has 7 N–H and O–H groups in total. The van der Waals surface area contributed by atoms with E-state index in [2.05, 4.69) is 10.3 Å². The summed E-state index contributed by atoms with van der Waals surface area (Å²) in [5, 5.41) is 12.3. The Kier molecular flexibility index (Phi) is 6.58. The second-order valence-corrected chi connectivity index (χ2v) is 7.53. The molecular formula is C20H18ClF5N4O3. The molecule has 1 heterocycles. The van der Waals surface area contributed by atoms with Gasteiger partial charge in [-0.1, -0.05) is 17.7 Å². The van der Waals surface area contributed by atoms with Crippen molar-refractivity contribution >= 4 is 28.2 Å². The second-order valence-electron chi connectivity index (χ2n) is 7.15. The number of methoxy groups -OCH3 is 1. The van der Waals surface area contributed by atoms with Gasteiger partial charge >= 0.3 is 6.18 Å². The fourth-order valence-electron chi connectivity index (χ4n) is 3.41. The summed E-state index contributed by atoms with van der Waals surface area (Å²) in [6.07, 6.45) is -7.88. The Bertz CT molecular complexity index is 1250. The quantitative estimate of drug-likeness (QED) is 0.266. The highest BCUT2D eigenvalue weighted by atomic mass is 35.5. The van der Waals surface area contributed by atoms with Crippen molar-refractivity contribution in [3.05, 3.63) is 69.0 Å². The molecule has 0 fully saturated rings. The van der Waals surface area contributed by atoms with Gasteiger partial charge in [-0.05, 0) is 29.8 Å². The number of halogens is 6. The van der Waals surface area contributed by atoms with Crippen molar-refractivity contribution in [1.82, 2.24) is 4.98 Å². The molecule has 1 aromatic heterocycles. The number of pyridine rings is 1. The number of aromatic nitrogens is 1. The molecule has 0 spiro atoms. The van der Waals surface area contributed by atoms with Crippen LogP contribution in [-0.2, 0) is 0 Å². The monoisotopic (exact) mass is 492 g/mol. The molecular weight excluding hydrogens is 475 g/mol. The minimum absolute atomic E-state index is 0.0525. The van der Waals surface area contributed by atoms with Crippen LogP contribution in [0, 0.1) is 11.6 Å². The number of anilines is 1. The van der Waals surface area contributed by atoms with E-state index in [4.69, 9.17) is 27.8 Å². The van der Waals surface area contributed by atoms with Gasteiger partial charge < -0.3 is 31.6 Å². The number of alkyl halides is 3. The van der Waals surface area contributed by atoms with Crippen LogP contribution in [0.5, 0.6) is 5.75 Å². The lowest BCUT2D eigenvalue weighted by Crippen LogP contribution is -2.66. The van der Waals surface area contributed by atoms with E-state index in [0.29, 0.717) is 0 Å². The summed E-state index contributed by atoms with van der Waals surface area (Å²) < 4.78 is 75.8. The maximum absolute atomic E-state index is 14.6. The van der Waals surface area contributed by atoms with Gasteiger partial charge in [-0.15, -0.1) is 0 Å². The van der Waals surface area contributed by atoms with Crippen LogP contribution in [0.4, 0.5) is 27.6 Å². The fourth-order valence-corrected chi connectivity index (χ4v) is 3.67. The molecule has 0 radical (unpaired) electrons. The average Bonchev–Trinajstić information content (AvgIpc) is 2.72. The number of hydrogen-bond donors (Lipinski definition) is 5. The number of rotatable bonds is 6. The molecule has 0 saturated carbocycles. The van der Waals surface area contributed by atoms with Gasteiger partial charge in [0, 0.05) is 17.1 Å². The molecule has 7 nitrogen and oxygen atoms in total. The van der Waals surface area contributed by atoms with Gasteiger partial charge in [0.2, 0.25) is 11.2 Å². The number of aliphatic hydroxyl groups is 1. The van der Waals surface area contributed by atoms with Crippen molar-refractivity contribution in [2.45, 2.75) is 24.0 Å². The Morgan fingerprint density at radius 1 is 1.15 bits per heavy atom. The zero-order valence-corrected chi connectivity index (χ0v) is 17.6. The van der Waals surface area contributed by atoms with Gasteiger partial charge in [0.15, 0.2) is 11.6 Å². The molecule has 2 aromatic carbocycles. The SMILES string of the molecule is COc1ccc(C(Nc2cc(F)cc3[nH]c(=O)ccc23)C(O)(C(N)N)C(F)(F)F)c(Cl)c1F. The minimum atomic E-state index is -5.45. The highest BCUT2D eigenvalue weighted by Crippen LogP contribution is 2.46. The predicted octanol–water partition coefficient (Wildman–Crippen LogP) is 3.16. The molecule has 3 aromatic rings. The van der Waals surface area contributed by atoms with E-state index < -0.39 is 51.8 Å². The van der Waals surface area contributed by atoms with E-state index in [0.717, 1.165) is 37.4 Å². The zero-order chi connectivity index (χ0) is 24.7. The molecule has 0 aliphatic carbocycles. The van der Waals surface area contributed by atoms with E-state index in [1.54, 1.807) is 0 Å². The van der Waals surface area contributed by atoms with E-state index in [1.807, 2.05) is 0 Å². The van der Waals surface area contributed by atoms with Gasteiger partial charge in [-0.2, -0.15) is 13.2 Å². The summed E-state index contributed by atoms with van der Waals surface area (Å²) in [6.45, 7) is 0. The van der Waals surface area contributed by atoms with E-state index in [1.165, 1.54) is 6.07 Å². The highest BCUT2D eigenvalue weighted by molar-refractivity contribution is 6.31. The first kappa shape index (κ1) is 24.7. The maximum Gasteiger partial charge on any atom is 0.422 e. The highest BCUT2D eigenvalue weighted by Gasteiger charge is 2.62. The lowest BCUT2D eigenvalue weighted by atomic mass is 9.84. The first-order valence-corrected chi connectivity index (χ1v) is 9.60. The summed E-state index contributed by atoms with van der Waals surface area (Å²) in [5.41, 5.74) is 5.26. The third kappa shape index (κ3) is 4.34. The van der Waals surface area contributed by atoms with E-state index in [-0.39, 0.29) is 22.3 Å². The van der Waals surface area contributed by atoms with Crippen LogP contribution in [0.3, 0.4) is 0 Å². The summed E-state index contributed by atoms with van der Waals surface area (Å²) in [6, 6.07) is 3.70. The fraction of sp³-hybridized carbons (Fsp3) is 0.250. The Hall–Kier alpha value is -2.93. The second kappa shape index (κ2) is 8.78. The number of nitrogens with one attached hydrogen (secondary N) is 2. The smallest absolute Gasteiger partial charge is 0.422 e.